The van der Waals surface area contributed by atoms with Crippen LogP contribution in [0.1, 0.15) is 17.2 Å². The van der Waals surface area contributed by atoms with Gasteiger partial charge in [0, 0.05) is 19.7 Å². The quantitative estimate of drug-likeness (QED) is 0.855. The van der Waals surface area contributed by atoms with Crippen LogP contribution >= 0.6 is 0 Å². The second-order valence-corrected chi connectivity index (χ2v) is 6.60. The molecular formula is C19H18FN3O3. The number of ether oxygens (including phenoxy) is 1. The number of hydrogen-bond acceptors (Lipinski definition) is 4. The van der Waals surface area contributed by atoms with E-state index < -0.39 is 6.04 Å². The van der Waals surface area contributed by atoms with Crippen LogP contribution in [-0.2, 0) is 0 Å². The van der Waals surface area contributed by atoms with Crippen LogP contribution in [-0.4, -0.2) is 47.5 Å². The van der Waals surface area contributed by atoms with Crippen molar-refractivity contribution in [2.45, 2.75) is 6.04 Å². The first kappa shape index (κ1) is 16.4. The first-order valence-corrected chi connectivity index (χ1v) is 8.26. The van der Waals surface area contributed by atoms with Crippen molar-refractivity contribution in [1.29, 1.82) is 0 Å². The Bertz CT molecular complexity index is 913. The maximum Gasteiger partial charge on any atom is 0.340 e. The summed E-state index contributed by atoms with van der Waals surface area (Å²) >= 11 is 0. The van der Waals surface area contributed by atoms with Crippen molar-refractivity contribution in [2.75, 3.05) is 20.7 Å². The van der Waals surface area contributed by atoms with Crippen molar-refractivity contribution < 1.29 is 19.0 Å². The summed E-state index contributed by atoms with van der Waals surface area (Å²) in [5.41, 5.74) is 1.92. The summed E-state index contributed by atoms with van der Waals surface area (Å²) in [7, 11) is 3.29. The molecule has 7 heteroatoms. The molecule has 0 aliphatic carbocycles. The molecule has 2 atom stereocenters. The van der Waals surface area contributed by atoms with E-state index in [4.69, 9.17) is 4.74 Å². The Morgan fingerprint density at radius 2 is 2.12 bits per heavy atom. The van der Waals surface area contributed by atoms with Crippen LogP contribution in [0.15, 0.2) is 47.6 Å². The standard InChI is InChI=1S/C19H18FN3O3/c1-22(2)19(25)23-18(11-4-3-5-13(24)8-11)15-10-26-16-7-6-12(20)9-14(16)17(15)21-23/h3-9,15,18,24H,10H2,1-2H3. The fourth-order valence-electron chi connectivity index (χ4n) is 3.45. The Morgan fingerprint density at radius 3 is 2.85 bits per heavy atom. The van der Waals surface area contributed by atoms with Crippen molar-refractivity contribution >= 4 is 11.7 Å². The van der Waals surface area contributed by atoms with Gasteiger partial charge in [-0.2, -0.15) is 5.10 Å². The molecule has 0 saturated heterocycles. The molecule has 134 valence electrons. The van der Waals surface area contributed by atoms with Gasteiger partial charge in [0.15, 0.2) is 0 Å². The van der Waals surface area contributed by atoms with Crippen molar-refractivity contribution in [3.05, 3.63) is 59.4 Å². The zero-order valence-corrected chi connectivity index (χ0v) is 14.4. The number of nitrogens with zero attached hydrogens (tertiary/aromatic N) is 3. The van der Waals surface area contributed by atoms with Crippen molar-refractivity contribution in [3.8, 4) is 11.5 Å². The van der Waals surface area contributed by atoms with Gasteiger partial charge in [0.05, 0.1) is 24.3 Å². The fraction of sp³-hybridized carbons (Fsp3) is 0.263. The number of carbonyl (C=O) groups is 1. The molecule has 1 N–H and O–H groups in total. The molecule has 6 nitrogen and oxygen atoms in total. The summed E-state index contributed by atoms with van der Waals surface area (Å²) < 4.78 is 19.6. The summed E-state index contributed by atoms with van der Waals surface area (Å²) in [5.74, 6) is 0.0172. The van der Waals surface area contributed by atoms with E-state index in [9.17, 15) is 14.3 Å². The maximum atomic E-state index is 13.8. The largest absolute Gasteiger partial charge is 0.508 e. The molecule has 2 unspecified atom stereocenters. The highest BCUT2D eigenvalue weighted by Crippen LogP contribution is 2.43. The van der Waals surface area contributed by atoms with Gasteiger partial charge in [-0.3, -0.25) is 0 Å². The summed E-state index contributed by atoms with van der Waals surface area (Å²) in [6.45, 7) is 0.314. The lowest BCUT2D eigenvalue weighted by Gasteiger charge is -2.30. The lowest BCUT2D eigenvalue weighted by molar-refractivity contribution is 0.139. The lowest BCUT2D eigenvalue weighted by atomic mass is 9.86. The predicted octanol–water partition coefficient (Wildman–Crippen LogP) is 2.98. The molecule has 2 aromatic rings. The molecule has 0 aromatic heterocycles. The third-order valence-corrected chi connectivity index (χ3v) is 4.64. The number of phenols is 1. The Morgan fingerprint density at radius 1 is 1.31 bits per heavy atom. The monoisotopic (exact) mass is 355 g/mol. The number of phenolic OH excluding ortho intramolecular Hbond substituents is 1. The highest BCUT2D eigenvalue weighted by Gasteiger charge is 2.45. The van der Waals surface area contributed by atoms with Crippen LogP contribution in [0, 0.1) is 11.7 Å². The molecule has 0 radical (unpaired) electrons. The molecule has 2 amide bonds. The molecule has 4 rings (SSSR count). The maximum absolute atomic E-state index is 13.8. The number of rotatable bonds is 1. The topological polar surface area (TPSA) is 65.4 Å². The van der Waals surface area contributed by atoms with Crippen LogP contribution in [0.5, 0.6) is 11.5 Å². The average Bonchev–Trinajstić information content (AvgIpc) is 3.00. The Labute approximate surface area is 150 Å². The summed E-state index contributed by atoms with van der Waals surface area (Å²) in [6, 6.07) is 10.3. The highest BCUT2D eigenvalue weighted by atomic mass is 19.1. The van der Waals surface area contributed by atoms with Crippen LogP contribution in [0.3, 0.4) is 0 Å². The number of halogens is 1. The van der Waals surface area contributed by atoms with Gasteiger partial charge in [0.2, 0.25) is 0 Å². The number of hydrazone groups is 1. The van der Waals surface area contributed by atoms with E-state index in [-0.39, 0.29) is 23.5 Å². The Kier molecular flexibility index (Phi) is 3.79. The van der Waals surface area contributed by atoms with Gasteiger partial charge in [-0.15, -0.1) is 0 Å². The Hall–Kier alpha value is -3.09. The summed E-state index contributed by atoms with van der Waals surface area (Å²) in [6.07, 6.45) is 0. The van der Waals surface area contributed by atoms with Gasteiger partial charge < -0.3 is 14.7 Å². The summed E-state index contributed by atoms with van der Waals surface area (Å²) in [5, 5.41) is 15.8. The molecule has 0 saturated carbocycles. The molecule has 0 fully saturated rings. The number of amides is 2. The van der Waals surface area contributed by atoms with Gasteiger partial charge in [0.25, 0.3) is 0 Å². The molecule has 2 aliphatic heterocycles. The number of aromatic hydroxyl groups is 1. The van der Waals surface area contributed by atoms with Crippen LogP contribution in [0.25, 0.3) is 0 Å². The number of carbonyl (C=O) groups excluding carboxylic acids is 1. The average molecular weight is 355 g/mol. The predicted molar refractivity (Wildman–Crippen MR) is 93.7 cm³/mol. The van der Waals surface area contributed by atoms with Gasteiger partial charge in [-0.25, -0.2) is 14.2 Å². The van der Waals surface area contributed by atoms with Crippen molar-refractivity contribution in [2.24, 2.45) is 11.0 Å². The number of hydrogen-bond donors (Lipinski definition) is 1. The number of fused-ring (bicyclic) bond motifs is 3. The van der Waals surface area contributed by atoms with E-state index in [0.717, 1.165) is 5.56 Å². The molecule has 2 heterocycles. The molecule has 0 spiro atoms. The van der Waals surface area contributed by atoms with Gasteiger partial charge in [0.1, 0.15) is 17.3 Å². The fourth-order valence-corrected chi connectivity index (χ4v) is 3.45. The molecule has 26 heavy (non-hydrogen) atoms. The van der Waals surface area contributed by atoms with Gasteiger partial charge >= 0.3 is 6.03 Å². The molecule has 0 bridgehead atoms. The van der Waals surface area contributed by atoms with E-state index >= 15 is 0 Å². The third-order valence-electron chi connectivity index (χ3n) is 4.64. The van der Waals surface area contributed by atoms with E-state index in [1.165, 1.54) is 22.0 Å². The molecule has 2 aromatic carbocycles. The smallest absolute Gasteiger partial charge is 0.340 e. The minimum absolute atomic E-state index is 0.108. The van der Waals surface area contributed by atoms with Gasteiger partial charge in [-0.1, -0.05) is 12.1 Å². The molecular weight excluding hydrogens is 337 g/mol. The zero-order valence-electron chi connectivity index (χ0n) is 14.4. The van der Waals surface area contributed by atoms with E-state index in [1.807, 2.05) is 6.07 Å². The zero-order chi connectivity index (χ0) is 18.4. The minimum atomic E-state index is -0.441. The summed E-state index contributed by atoms with van der Waals surface area (Å²) in [4.78, 5) is 14.1. The van der Waals surface area contributed by atoms with E-state index in [2.05, 4.69) is 5.10 Å². The highest BCUT2D eigenvalue weighted by molar-refractivity contribution is 6.07. The first-order chi connectivity index (χ1) is 12.5. The van der Waals surface area contributed by atoms with Crippen molar-refractivity contribution in [3.63, 3.8) is 0 Å². The second-order valence-electron chi connectivity index (χ2n) is 6.60. The normalized spacial score (nSPS) is 20.7. The van der Waals surface area contributed by atoms with Crippen LogP contribution < -0.4 is 4.74 Å². The van der Waals surface area contributed by atoms with Crippen molar-refractivity contribution in [1.82, 2.24) is 9.91 Å². The van der Waals surface area contributed by atoms with Gasteiger partial charge in [-0.05, 0) is 35.9 Å². The number of benzene rings is 2. The van der Waals surface area contributed by atoms with E-state index in [0.29, 0.717) is 23.6 Å². The third kappa shape index (κ3) is 2.56. The van der Waals surface area contributed by atoms with Crippen LogP contribution in [0.4, 0.5) is 9.18 Å². The Balaban J connectivity index is 1.84. The van der Waals surface area contributed by atoms with E-state index in [1.54, 1.807) is 38.4 Å². The lowest BCUT2D eigenvalue weighted by Crippen LogP contribution is -2.39. The first-order valence-electron chi connectivity index (χ1n) is 8.26. The number of urea groups is 1. The SMILES string of the molecule is CN(C)C(=O)N1N=C2c3cc(F)ccc3OCC2C1c1cccc(O)c1. The molecule has 2 aliphatic rings. The minimum Gasteiger partial charge on any atom is -0.508 e. The second kappa shape index (κ2) is 6.01. The van der Waals surface area contributed by atoms with Crippen LogP contribution in [0.2, 0.25) is 0 Å².